The lowest BCUT2D eigenvalue weighted by Gasteiger charge is -2.31. The summed E-state index contributed by atoms with van der Waals surface area (Å²) in [5, 5.41) is 15.6. The summed E-state index contributed by atoms with van der Waals surface area (Å²) in [5.74, 6) is 0.876. The quantitative estimate of drug-likeness (QED) is 0.688. The van der Waals surface area contributed by atoms with Gasteiger partial charge in [0.1, 0.15) is 16.5 Å². The number of H-pyrrole nitrogens is 2. The SMILES string of the molecule is O=C(c1ccc(=O)[nH]n1)N1CCC(Cc2n[nH]c(=O)n2-c2cccs2)CC1. The molecule has 4 heterocycles. The van der Waals surface area contributed by atoms with Gasteiger partial charge in [0, 0.05) is 25.6 Å². The smallest absolute Gasteiger partial charge is 0.337 e. The largest absolute Gasteiger partial charge is 0.348 e. The normalized spacial score (nSPS) is 15.2. The third kappa shape index (κ3) is 3.61. The first-order chi connectivity index (χ1) is 13.1. The van der Waals surface area contributed by atoms with Crippen molar-refractivity contribution in [3.63, 3.8) is 0 Å². The van der Waals surface area contributed by atoms with E-state index >= 15 is 0 Å². The monoisotopic (exact) mass is 386 g/mol. The maximum Gasteiger partial charge on any atom is 0.348 e. The summed E-state index contributed by atoms with van der Waals surface area (Å²) in [4.78, 5) is 37.4. The molecule has 27 heavy (non-hydrogen) atoms. The number of rotatable bonds is 4. The summed E-state index contributed by atoms with van der Waals surface area (Å²) in [6.07, 6.45) is 2.32. The van der Waals surface area contributed by atoms with E-state index < -0.39 is 0 Å². The Balaban J connectivity index is 1.41. The van der Waals surface area contributed by atoms with Gasteiger partial charge in [-0.25, -0.2) is 19.6 Å². The van der Waals surface area contributed by atoms with Crippen molar-refractivity contribution < 1.29 is 4.79 Å². The molecule has 1 fully saturated rings. The molecule has 3 aromatic heterocycles. The predicted octanol–water partition coefficient (Wildman–Crippen LogP) is 0.800. The van der Waals surface area contributed by atoms with Crippen LogP contribution in [0, 0.1) is 5.92 Å². The number of aromatic amines is 2. The van der Waals surface area contributed by atoms with Gasteiger partial charge in [-0.05, 0) is 42.3 Å². The second kappa shape index (κ2) is 7.31. The number of nitrogens with one attached hydrogen (secondary N) is 2. The molecule has 0 aromatic carbocycles. The Bertz CT molecular complexity index is 1020. The zero-order valence-electron chi connectivity index (χ0n) is 14.4. The standard InChI is InChI=1S/C17H18N6O3S/c24-14-4-3-12(18-20-14)16(25)22-7-5-11(6-8-22)10-13-19-21-17(26)23(13)15-2-1-9-27-15/h1-4,9,11H,5-8,10H2,(H,20,24)(H,21,26). The van der Waals surface area contributed by atoms with Gasteiger partial charge in [-0.1, -0.05) is 0 Å². The number of thiophene rings is 1. The van der Waals surface area contributed by atoms with Crippen LogP contribution in [-0.4, -0.2) is 48.9 Å². The molecule has 10 heteroatoms. The van der Waals surface area contributed by atoms with Gasteiger partial charge in [-0.15, -0.1) is 11.3 Å². The third-order valence-corrected chi connectivity index (χ3v) is 5.59. The fourth-order valence-corrected chi connectivity index (χ4v) is 4.06. The zero-order valence-corrected chi connectivity index (χ0v) is 15.2. The van der Waals surface area contributed by atoms with E-state index in [1.807, 2.05) is 17.5 Å². The number of likely N-dealkylation sites (tertiary alicyclic amines) is 1. The molecule has 4 rings (SSSR count). The number of piperidine rings is 1. The highest BCUT2D eigenvalue weighted by molar-refractivity contribution is 7.12. The molecule has 0 atom stereocenters. The fraction of sp³-hybridized carbons (Fsp3) is 0.353. The van der Waals surface area contributed by atoms with Crippen LogP contribution in [0.2, 0.25) is 0 Å². The summed E-state index contributed by atoms with van der Waals surface area (Å²) >= 11 is 1.49. The van der Waals surface area contributed by atoms with Crippen molar-refractivity contribution in [2.75, 3.05) is 13.1 Å². The molecular weight excluding hydrogens is 368 g/mol. The molecule has 140 valence electrons. The molecule has 1 amide bonds. The number of amides is 1. The van der Waals surface area contributed by atoms with Crippen LogP contribution in [0.1, 0.15) is 29.2 Å². The first-order valence-electron chi connectivity index (χ1n) is 8.67. The van der Waals surface area contributed by atoms with Crippen LogP contribution in [0.4, 0.5) is 0 Å². The summed E-state index contributed by atoms with van der Waals surface area (Å²) in [7, 11) is 0. The number of hydrogen-bond donors (Lipinski definition) is 2. The van der Waals surface area contributed by atoms with Crippen LogP contribution in [0.15, 0.2) is 39.2 Å². The summed E-state index contributed by atoms with van der Waals surface area (Å²) in [6.45, 7) is 1.22. The van der Waals surface area contributed by atoms with E-state index in [9.17, 15) is 14.4 Å². The maximum atomic E-state index is 12.5. The van der Waals surface area contributed by atoms with Crippen LogP contribution in [0.3, 0.4) is 0 Å². The molecule has 0 bridgehead atoms. The van der Waals surface area contributed by atoms with Gasteiger partial charge in [-0.2, -0.15) is 10.2 Å². The number of carbonyl (C=O) groups excluding carboxylic acids is 1. The van der Waals surface area contributed by atoms with Gasteiger partial charge in [0.2, 0.25) is 0 Å². The van der Waals surface area contributed by atoms with Crippen molar-refractivity contribution in [2.45, 2.75) is 19.3 Å². The number of hydrogen-bond acceptors (Lipinski definition) is 6. The van der Waals surface area contributed by atoms with E-state index in [1.165, 1.54) is 23.5 Å². The lowest BCUT2D eigenvalue weighted by Crippen LogP contribution is -2.39. The molecule has 3 aromatic rings. The van der Waals surface area contributed by atoms with E-state index in [4.69, 9.17) is 0 Å². The molecule has 9 nitrogen and oxygen atoms in total. The Hall–Kier alpha value is -3.01. The lowest BCUT2D eigenvalue weighted by atomic mass is 9.93. The Morgan fingerprint density at radius 1 is 1.15 bits per heavy atom. The maximum absolute atomic E-state index is 12.5. The Kier molecular flexibility index (Phi) is 4.71. The minimum atomic E-state index is -0.332. The van der Waals surface area contributed by atoms with Crippen molar-refractivity contribution in [2.24, 2.45) is 5.92 Å². The van der Waals surface area contributed by atoms with Crippen LogP contribution in [0.5, 0.6) is 0 Å². The van der Waals surface area contributed by atoms with Crippen molar-refractivity contribution in [1.82, 2.24) is 29.9 Å². The molecule has 0 aliphatic carbocycles. The second-order valence-corrected chi connectivity index (χ2v) is 7.40. The molecule has 1 aliphatic heterocycles. The van der Waals surface area contributed by atoms with E-state index in [-0.39, 0.29) is 22.9 Å². The fourth-order valence-electron chi connectivity index (χ4n) is 3.31. The third-order valence-electron chi connectivity index (χ3n) is 4.74. The molecule has 1 saturated heterocycles. The first kappa shape index (κ1) is 17.4. The Morgan fingerprint density at radius 2 is 1.96 bits per heavy atom. The minimum Gasteiger partial charge on any atom is -0.337 e. The Morgan fingerprint density at radius 3 is 2.63 bits per heavy atom. The van der Waals surface area contributed by atoms with Crippen LogP contribution < -0.4 is 11.2 Å². The van der Waals surface area contributed by atoms with Gasteiger partial charge < -0.3 is 4.90 Å². The molecule has 0 saturated carbocycles. The summed E-state index contributed by atoms with van der Waals surface area (Å²) in [5.41, 5.74) is -0.322. The highest BCUT2D eigenvalue weighted by Crippen LogP contribution is 2.23. The van der Waals surface area contributed by atoms with Crippen LogP contribution in [0.25, 0.3) is 5.00 Å². The highest BCUT2D eigenvalue weighted by Gasteiger charge is 2.26. The highest BCUT2D eigenvalue weighted by atomic mass is 32.1. The van der Waals surface area contributed by atoms with Crippen molar-refractivity contribution >= 4 is 17.2 Å². The Labute approximate surface area is 157 Å². The van der Waals surface area contributed by atoms with E-state index in [0.29, 0.717) is 25.4 Å². The van der Waals surface area contributed by atoms with Gasteiger partial charge in [0.15, 0.2) is 0 Å². The van der Waals surface area contributed by atoms with Gasteiger partial charge in [0.25, 0.3) is 11.5 Å². The van der Waals surface area contributed by atoms with E-state index in [2.05, 4.69) is 20.4 Å². The molecule has 0 unspecified atom stereocenters. The lowest BCUT2D eigenvalue weighted by molar-refractivity contribution is 0.0682. The summed E-state index contributed by atoms with van der Waals surface area (Å²) < 4.78 is 1.62. The minimum absolute atomic E-state index is 0.181. The number of carbonyl (C=O) groups is 1. The van der Waals surface area contributed by atoms with E-state index in [0.717, 1.165) is 23.7 Å². The molecular formula is C17H18N6O3S. The van der Waals surface area contributed by atoms with Crippen molar-refractivity contribution in [1.29, 1.82) is 0 Å². The van der Waals surface area contributed by atoms with Gasteiger partial charge in [0.05, 0.1) is 0 Å². The van der Waals surface area contributed by atoms with Crippen molar-refractivity contribution in [3.05, 3.63) is 62.0 Å². The molecule has 0 spiro atoms. The first-order valence-corrected chi connectivity index (χ1v) is 9.55. The van der Waals surface area contributed by atoms with Crippen LogP contribution in [-0.2, 0) is 6.42 Å². The molecule has 0 radical (unpaired) electrons. The van der Waals surface area contributed by atoms with Gasteiger partial charge >= 0.3 is 5.69 Å². The average Bonchev–Trinajstić information content (AvgIpc) is 3.32. The number of nitrogens with zero attached hydrogens (tertiary/aromatic N) is 4. The molecule has 1 aliphatic rings. The second-order valence-electron chi connectivity index (χ2n) is 6.48. The van der Waals surface area contributed by atoms with Gasteiger partial charge in [-0.3, -0.25) is 9.59 Å². The van der Waals surface area contributed by atoms with Crippen LogP contribution >= 0.6 is 11.3 Å². The average molecular weight is 386 g/mol. The topological polar surface area (TPSA) is 117 Å². The zero-order chi connectivity index (χ0) is 18.8. The predicted molar refractivity (Wildman–Crippen MR) is 99.3 cm³/mol. The van der Waals surface area contributed by atoms with E-state index in [1.54, 1.807) is 9.47 Å². The van der Waals surface area contributed by atoms with Crippen molar-refractivity contribution in [3.8, 4) is 5.00 Å². The number of aromatic nitrogens is 5. The molecule has 2 N–H and O–H groups in total. The summed E-state index contributed by atoms with van der Waals surface area (Å²) in [6, 6.07) is 6.53.